The molecule has 0 spiro atoms. The summed E-state index contributed by atoms with van der Waals surface area (Å²) in [5.41, 5.74) is 2.07. The molecule has 0 saturated heterocycles. The van der Waals surface area contributed by atoms with Crippen LogP contribution in [0.3, 0.4) is 0 Å². The van der Waals surface area contributed by atoms with Crippen LogP contribution in [0.15, 0.2) is 23.1 Å². The first-order chi connectivity index (χ1) is 9.88. The van der Waals surface area contributed by atoms with Gasteiger partial charge in [0.25, 0.3) is 0 Å². The maximum atomic E-state index is 12.5. The van der Waals surface area contributed by atoms with Crippen molar-refractivity contribution in [3.05, 3.63) is 41.0 Å². The minimum absolute atomic E-state index is 0.105. The van der Waals surface area contributed by atoms with Crippen LogP contribution in [0.1, 0.15) is 41.5 Å². The maximum Gasteiger partial charge on any atom is 0.185 e. The Labute approximate surface area is 124 Å². The average molecular weight is 305 g/mol. The first kappa shape index (κ1) is 14.3. The Hall–Kier alpha value is -1.69. The van der Waals surface area contributed by atoms with Gasteiger partial charge in [-0.25, -0.2) is 8.42 Å². The van der Waals surface area contributed by atoms with Crippen molar-refractivity contribution >= 4 is 9.84 Å². The highest BCUT2D eigenvalue weighted by Gasteiger charge is 2.30. The van der Waals surface area contributed by atoms with Crippen LogP contribution in [0.4, 0.5) is 0 Å². The van der Waals surface area contributed by atoms with Crippen molar-refractivity contribution in [3.63, 3.8) is 0 Å². The molecule has 3 rings (SSSR count). The topological polar surface area (TPSA) is 64.8 Å². The van der Waals surface area contributed by atoms with E-state index in [0.29, 0.717) is 16.6 Å². The lowest BCUT2D eigenvalue weighted by molar-refractivity contribution is 0.592. The number of benzene rings is 1. The molecule has 0 aliphatic heterocycles. The van der Waals surface area contributed by atoms with Crippen LogP contribution in [0, 0.1) is 13.8 Å². The molecule has 1 aliphatic rings. The van der Waals surface area contributed by atoms with Gasteiger partial charge in [0.05, 0.1) is 4.90 Å². The predicted octanol–water partition coefficient (Wildman–Crippen LogP) is 2.28. The Kier molecular flexibility index (Phi) is 3.36. The first-order valence-electron chi connectivity index (χ1n) is 7.06. The minimum atomic E-state index is -3.39. The molecule has 5 nitrogen and oxygen atoms in total. The Morgan fingerprint density at radius 3 is 2.52 bits per heavy atom. The second kappa shape index (κ2) is 4.94. The highest BCUT2D eigenvalue weighted by molar-refractivity contribution is 7.90. The largest absolute Gasteiger partial charge is 0.317 e. The fourth-order valence-electron chi connectivity index (χ4n) is 2.36. The number of aryl methyl sites for hydroxylation is 2. The highest BCUT2D eigenvalue weighted by atomic mass is 32.2. The zero-order valence-corrected chi connectivity index (χ0v) is 13.3. The van der Waals surface area contributed by atoms with Gasteiger partial charge in [-0.05, 0) is 49.9 Å². The molecule has 0 bridgehead atoms. The standard InChI is InChI=1S/C15H19N3O2S/c1-10-4-7-13(8-11(10)2)21(19,20)9-14-16-17-15(18(14)3)12-5-6-12/h4,7-8,12H,5-6,9H2,1-3H3. The number of hydrogen-bond acceptors (Lipinski definition) is 4. The second-order valence-electron chi connectivity index (χ2n) is 5.81. The molecule has 1 aromatic heterocycles. The molecule has 0 amide bonds. The summed E-state index contributed by atoms with van der Waals surface area (Å²) in [6.07, 6.45) is 2.24. The van der Waals surface area contributed by atoms with Crippen LogP contribution < -0.4 is 0 Å². The Morgan fingerprint density at radius 1 is 1.19 bits per heavy atom. The van der Waals surface area contributed by atoms with Gasteiger partial charge in [-0.1, -0.05) is 6.07 Å². The third-order valence-electron chi connectivity index (χ3n) is 4.10. The van der Waals surface area contributed by atoms with E-state index in [-0.39, 0.29) is 5.75 Å². The van der Waals surface area contributed by atoms with E-state index < -0.39 is 9.84 Å². The third kappa shape index (κ3) is 2.72. The number of sulfone groups is 1. The number of aromatic nitrogens is 3. The van der Waals surface area contributed by atoms with Gasteiger partial charge in [-0.15, -0.1) is 10.2 Å². The molecule has 21 heavy (non-hydrogen) atoms. The van der Waals surface area contributed by atoms with Crippen molar-refractivity contribution in [2.45, 2.75) is 43.3 Å². The van der Waals surface area contributed by atoms with Crippen LogP contribution >= 0.6 is 0 Å². The lowest BCUT2D eigenvalue weighted by atomic mass is 10.1. The molecule has 0 radical (unpaired) electrons. The van der Waals surface area contributed by atoms with Crippen LogP contribution in [0.25, 0.3) is 0 Å². The molecule has 2 aromatic rings. The average Bonchev–Trinajstić information content (AvgIpc) is 3.20. The van der Waals surface area contributed by atoms with Gasteiger partial charge < -0.3 is 4.57 Å². The maximum absolute atomic E-state index is 12.5. The summed E-state index contributed by atoms with van der Waals surface area (Å²) in [6, 6.07) is 5.23. The molecule has 0 atom stereocenters. The monoisotopic (exact) mass is 305 g/mol. The molecule has 112 valence electrons. The van der Waals surface area contributed by atoms with Gasteiger partial charge in [0.2, 0.25) is 0 Å². The Balaban J connectivity index is 1.90. The van der Waals surface area contributed by atoms with Crippen molar-refractivity contribution in [2.24, 2.45) is 7.05 Å². The van der Waals surface area contributed by atoms with Gasteiger partial charge in [-0.2, -0.15) is 0 Å². The van der Waals surface area contributed by atoms with Crippen molar-refractivity contribution < 1.29 is 8.42 Å². The van der Waals surface area contributed by atoms with Crippen molar-refractivity contribution in [3.8, 4) is 0 Å². The summed E-state index contributed by atoms with van der Waals surface area (Å²) in [7, 11) is -1.54. The lowest BCUT2D eigenvalue weighted by Gasteiger charge is -2.07. The number of hydrogen-bond donors (Lipinski definition) is 0. The second-order valence-corrected chi connectivity index (χ2v) is 7.80. The van der Waals surface area contributed by atoms with Crippen LogP contribution in [0.2, 0.25) is 0 Å². The molecular formula is C15H19N3O2S. The van der Waals surface area contributed by atoms with Crippen molar-refractivity contribution in [1.82, 2.24) is 14.8 Å². The van der Waals surface area contributed by atoms with E-state index in [2.05, 4.69) is 10.2 Å². The van der Waals surface area contributed by atoms with Gasteiger partial charge >= 0.3 is 0 Å². The molecule has 1 saturated carbocycles. The molecule has 1 aliphatic carbocycles. The molecule has 6 heteroatoms. The van der Waals surface area contributed by atoms with E-state index in [1.54, 1.807) is 12.1 Å². The van der Waals surface area contributed by atoms with E-state index in [9.17, 15) is 8.42 Å². The number of nitrogens with zero attached hydrogens (tertiary/aromatic N) is 3. The summed E-state index contributed by atoms with van der Waals surface area (Å²) in [5.74, 6) is 1.77. The molecule has 0 N–H and O–H groups in total. The van der Waals surface area contributed by atoms with Gasteiger partial charge in [-0.3, -0.25) is 0 Å². The predicted molar refractivity (Wildman–Crippen MR) is 79.8 cm³/mol. The quantitative estimate of drug-likeness (QED) is 0.869. The van der Waals surface area contributed by atoms with E-state index in [0.717, 1.165) is 29.8 Å². The summed E-state index contributed by atoms with van der Waals surface area (Å²) in [5, 5.41) is 8.20. The molecule has 0 unspecified atom stereocenters. The third-order valence-corrected chi connectivity index (χ3v) is 5.71. The summed E-state index contributed by atoms with van der Waals surface area (Å²) < 4.78 is 26.9. The highest BCUT2D eigenvalue weighted by Crippen LogP contribution is 2.38. The summed E-state index contributed by atoms with van der Waals surface area (Å²) in [4.78, 5) is 0.349. The fraction of sp³-hybridized carbons (Fsp3) is 0.467. The van der Waals surface area contributed by atoms with Crippen LogP contribution in [0.5, 0.6) is 0 Å². The zero-order chi connectivity index (χ0) is 15.2. The van der Waals surface area contributed by atoms with E-state index in [4.69, 9.17) is 0 Å². The van der Waals surface area contributed by atoms with E-state index in [1.807, 2.05) is 31.5 Å². The molecule has 1 aromatic carbocycles. The Bertz CT molecular complexity index is 789. The normalized spacial score (nSPS) is 15.4. The minimum Gasteiger partial charge on any atom is -0.317 e. The van der Waals surface area contributed by atoms with Crippen molar-refractivity contribution in [1.29, 1.82) is 0 Å². The van der Waals surface area contributed by atoms with Crippen LogP contribution in [-0.2, 0) is 22.6 Å². The number of rotatable bonds is 4. The molecular weight excluding hydrogens is 286 g/mol. The van der Waals surface area contributed by atoms with Crippen LogP contribution in [-0.4, -0.2) is 23.2 Å². The lowest BCUT2D eigenvalue weighted by Crippen LogP contribution is -2.10. The summed E-state index contributed by atoms with van der Waals surface area (Å²) >= 11 is 0. The van der Waals surface area contributed by atoms with E-state index >= 15 is 0 Å². The zero-order valence-electron chi connectivity index (χ0n) is 12.5. The first-order valence-corrected chi connectivity index (χ1v) is 8.72. The van der Waals surface area contributed by atoms with Crippen molar-refractivity contribution in [2.75, 3.05) is 0 Å². The van der Waals surface area contributed by atoms with Gasteiger partial charge in [0, 0.05) is 13.0 Å². The molecule has 1 heterocycles. The van der Waals surface area contributed by atoms with Gasteiger partial charge in [0.15, 0.2) is 9.84 Å². The SMILES string of the molecule is Cc1ccc(S(=O)(=O)Cc2nnc(C3CC3)n2C)cc1C. The molecule has 1 fully saturated rings. The van der Waals surface area contributed by atoms with Gasteiger partial charge in [0.1, 0.15) is 17.4 Å². The smallest absolute Gasteiger partial charge is 0.185 e. The Morgan fingerprint density at radius 2 is 1.90 bits per heavy atom. The van der Waals surface area contributed by atoms with E-state index in [1.165, 1.54) is 0 Å². The summed E-state index contributed by atoms with van der Waals surface area (Å²) in [6.45, 7) is 3.89. The fourth-order valence-corrected chi connectivity index (χ4v) is 3.75.